The van der Waals surface area contributed by atoms with Crippen LogP contribution in [0.15, 0.2) is 24.3 Å². The predicted octanol–water partition coefficient (Wildman–Crippen LogP) is 2.68. The Hall–Kier alpha value is -0.890. The van der Waals surface area contributed by atoms with Crippen LogP contribution < -0.4 is 5.32 Å². The first-order valence-corrected chi connectivity index (χ1v) is 5.25. The Labute approximate surface area is 84.3 Å². The molecule has 2 heteroatoms. The molecule has 0 radical (unpaired) electrons. The van der Waals surface area contributed by atoms with Gasteiger partial charge in [-0.05, 0) is 30.4 Å². The molecule has 14 heavy (non-hydrogen) atoms. The average Bonchev–Trinajstić information content (AvgIpc) is 2.98. The van der Waals surface area contributed by atoms with Gasteiger partial charge in [0.15, 0.2) is 0 Å². The second-order valence-electron chi connectivity index (χ2n) is 4.11. The van der Waals surface area contributed by atoms with E-state index in [4.69, 9.17) is 0 Å². The molecule has 1 saturated carbocycles. The predicted molar refractivity (Wildman–Crippen MR) is 55.8 cm³/mol. The van der Waals surface area contributed by atoms with Crippen LogP contribution in [0.3, 0.4) is 0 Å². The number of hydrogen-bond donors (Lipinski definition) is 1. The summed E-state index contributed by atoms with van der Waals surface area (Å²) in [5, 5.41) is 3.42. The zero-order chi connectivity index (χ0) is 9.97. The van der Waals surface area contributed by atoms with Crippen molar-refractivity contribution in [2.24, 2.45) is 0 Å². The highest BCUT2D eigenvalue weighted by Crippen LogP contribution is 2.22. The molecule has 1 aromatic carbocycles. The van der Waals surface area contributed by atoms with Crippen molar-refractivity contribution in [3.63, 3.8) is 0 Å². The van der Waals surface area contributed by atoms with E-state index in [2.05, 4.69) is 12.2 Å². The highest BCUT2D eigenvalue weighted by molar-refractivity contribution is 5.21. The SMILES string of the molecule is CC(CNC1CC1)c1ccccc1F. The Bertz CT molecular complexity index is 307. The Morgan fingerprint density at radius 2 is 2.14 bits per heavy atom. The normalized spacial score (nSPS) is 18.1. The van der Waals surface area contributed by atoms with Gasteiger partial charge < -0.3 is 5.32 Å². The Morgan fingerprint density at radius 3 is 2.79 bits per heavy atom. The van der Waals surface area contributed by atoms with Gasteiger partial charge >= 0.3 is 0 Å². The molecule has 1 nitrogen and oxygen atoms in total. The number of benzene rings is 1. The second kappa shape index (κ2) is 4.09. The molecule has 1 unspecified atom stereocenters. The van der Waals surface area contributed by atoms with Gasteiger partial charge in [-0.2, -0.15) is 0 Å². The summed E-state index contributed by atoms with van der Waals surface area (Å²) >= 11 is 0. The van der Waals surface area contributed by atoms with Crippen molar-refractivity contribution in [2.45, 2.75) is 31.7 Å². The molecule has 1 aliphatic rings. The Balaban J connectivity index is 1.95. The maximum Gasteiger partial charge on any atom is 0.126 e. The highest BCUT2D eigenvalue weighted by atomic mass is 19.1. The largest absolute Gasteiger partial charge is 0.313 e. The van der Waals surface area contributed by atoms with Crippen molar-refractivity contribution in [3.05, 3.63) is 35.6 Å². The lowest BCUT2D eigenvalue weighted by Gasteiger charge is -2.13. The zero-order valence-corrected chi connectivity index (χ0v) is 8.46. The van der Waals surface area contributed by atoms with Gasteiger partial charge in [-0.1, -0.05) is 25.1 Å². The third-order valence-electron chi connectivity index (χ3n) is 2.73. The van der Waals surface area contributed by atoms with Crippen LogP contribution in [0.5, 0.6) is 0 Å². The van der Waals surface area contributed by atoms with Crippen molar-refractivity contribution in [1.29, 1.82) is 0 Å². The van der Waals surface area contributed by atoms with Crippen LogP contribution in [-0.4, -0.2) is 12.6 Å². The highest BCUT2D eigenvalue weighted by Gasteiger charge is 2.21. The summed E-state index contributed by atoms with van der Waals surface area (Å²) in [6.07, 6.45) is 2.56. The fourth-order valence-electron chi connectivity index (χ4n) is 1.62. The molecular formula is C12H16FN. The third-order valence-corrected chi connectivity index (χ3v) is 2.73. The van der Waals surface area contributed by atoms with Gasteiger partial charge in [0.1, 0.15) is 5.82 Å². The minimum Gasteiger partial charge on any atom is -0.313 e. The molecule has 0 saturated heterocycles. The number of hydrogen-bond acceptors (Lipinski definition) is 1. The molecule has 0 amide bonds. The summed E-state index contributed by atoms with van der Waals surface area (Å²) in [5.41, 5.74) is 0.820. The first-order valence-electron chi connectivity index (χ1n) is 5.25. The van der Waals surface area contributed by atoms with E-state index in [0.29, 0.717) is 6.04 Å². The van der Waals surface area contributed by atoms with E-state index < -0.39 is 0 Å². The van der Waals surface area contributed by atoms with Crippen molar-refractivity contribution in [2.75, 3.05) is 6.54 Å². The molecule has 0 spiro atoms. The Kier molecular flexibility index (Phi) is 2.82. The monoisotopic (exact) mass is 193 g/mol. The summed E-state index contributed by atoms with van der Waals surface area (Å²) in [6, 6.07) is 7.73. The number of nitrogens with one attached hydrogen (secondary N) is 1. The van der Waals surface area contributed by atoms with E-state index in [0.717, 1.165) is 12.1 Å². The average molecular weight is 193 g/mol. The molecule has 2 rings (SSSR count). The molecule has 0 aliphatic heterocycles. The lowest BCUT2D eigenvalue weighted by atomic mass is 10.0. The van der Waals surface area contributed by atoms with Crippen LogP contribution in [-0.2, 0) is 0 Å². The molecule has 1 fully saturated rings. The summed E-state index contributed by atoms with van der Waals surface area (Å²) < 4.78 is 13.4. The van der Waals surface area contributed by atoms with E-state index in [1.54, 1.807) is 6.07 Å². The van der Waals surface area contributed by atoms with Crippen molar-refractivity contribution >= 4 is 0 Å². The molecule has 1 atom stereocenters. The quantitative estimate of drug-likeness (QED) is 0.775. The fraction of sp³-hybridized carbons (Fsp3) is 0.500. The van der Waals surface area contributed by atoms with Crippen molar-refractivity contribution in [3.8, 4) is 0 Å². The summed E-state index contributed by atoms with van der Waals surface area (Å²) in [5.74, 6) is 0.175. The maximum absolute atomic E-state index is 13.4. The summed E-state index contributed by atoms with van der Waals surface area (Å²) in [7, 11) is 0. The van der Waals surface area contributed by atoms with Crippen LogP contribution in [0.4, 0.5) is 4.39 Å². The molecule has 1 N–H and O–H groups in total. The Morgan fingerprint density at radius 1 is 1.43 bits per heavy atom. The number of rotatable bonds is 4. The maximum atomic E-state index is 13.4. The summed E-state index contributed by atoms with van der Waals surface area (Å²) in [4.78, 5) is 0. The molecule has 0 aromatic heterocycles. The first kappa shape index (κ1) is 9.66. The van der Waals surface area contributed by atoms with Gasteiger partial charge in [-0.15, -0.1) is 0 Å². The lowest BCUT2D eigenvalue weighted by Crippen LogP contribution is -2.22. The van der Waals surface area contributed by atoms with Crippen LogP contribution in [0.2, 0.25) is 0 Å². The molecule has 0 heterocycles. The zero-order valence-electron chi connectivity index (χ0n) is 8.46. The minimum absolute atomic E-state index is 0.0856. The lowest BCUT2D eigenvalue weighted by molar-refractivity contribution is 0.559. The van der Waals surface area contributed by atoms with Crippen molar-refractivity contribution < 1.29 is 4.39 Å². The van der Waals surface area contributed by atoms with E-state index in [1.807, 2.05) is 12.1 Å². The fourth-order valence-corrected chi connectivity index (χ4v) is 1.62. The van der Waals surface area contributed by atoms with Crippen LogP contribution >= 0.6 is 0 Å². The molecule has 1 aliphatic carbocycles. The standard InChI is InChI=1S/C12H16FN/c1-9(8-14-10-6-7-10)11-4-2-3-5-12(11)13/h2-5,9-10,14H,6-8H2,1H3. The van der Waals surface area contributed by atoms with E-state index >= 15 is 0 Å². The molecule has 76 valence electrons. The van der Waals surface area contributed by atoms with E-state index in [-0.39, 0.29) is 11.7 Å². The van der Waals surface area contributed by atoms with Gasteiger partial charge in [0.2, 0.25) is 0 Å². The van der Waals surface area contributed by atoms with E-state index in [1.165, 1.54) is 18.9 Å². The van der Waals surface area contributed by atoms with Crippen molar-refractivity contribution in [1.82, 2.24) is 5.32 Å². The van der Waals surface area contributed by atoms with Crippen LogP contribution in [0, 0.1) is 5.82 Å². The van der Waals surface area contributed by atoms with Gasteiger partial charge in [-0.25, -0.2) is 4.39 Å². The van der Waals surface area contributed by atoms with Crippen LogP contribution in [0.25, 0.3) is 0 Å². The number of halogens is 1. The van der Waals surface area contributed by atoms with E-state index in [9.17, 15) is 4.39 Å². The minimum atomic E-state index is -0.0856. The molecule has 1 aromatic rings. The first-order chi connectivity index (χ1) is 6.77. The molecular weight excluding hydrogens is 177 g/mol. The third kappa shape index (κ3) is 2.32. The summed E-state index contributed by atoms with van der Waals surface area (Å²) in [6.45, 7) is 2.94. The topological polar surface area (TPSA) is 12.0 Å². The molecule has 0 bridgehead atoms. The second-order valence-corrected chi connectivity index (χ2v) is 4.11. The van der Waals surface area contributed by atoms with Crippen LogP contribution in [0.1, 0.15) is 31.2 Å². The van der Waals surface area contributed by atoms with Gasteiger partial charge in [0.05, 0.1) is 0 Å². The van der Waals surface area contributed by atoms with Gasteiger partial charge in [0, 0.05) is 12.6 Å². The smallest absolute Gasteiger partial charge is 0.126 e. The van der Waals surface area contributed by atoms with Gasteiger partial charge in [-0.3, -0.25) is 0 Å². The van der Waals surface area contributed by atoms with Gasteiger partial charge in [0.25, 0.3) is 0 Å².